The van der Waals surface area contributed by atoms with Crippen molar-refractivity contribution in [1.29, 1.82) is 0 Å². The van der Waals surface area contributed by atoms with Crippen molar-refractivity contribution in [2.45, 2.75) is 30.7 Å². The lowest BCUT2D eigenvalue weighted by Gasteiger charge is -2.39. The lowest BCUT2D eigenvalue weighted by Crippen LogP contribution is -2.49. The number of hydrogen-bond donors (Lipinski definition) is 2. The van der Waals surface area contributed by atoms with Gasteiger partial charge in [0.25, 0.3) is 0 Å². The maximum absolute atomic E-state index is 13.4. The lowest BCUT2D eigenvalue weighted by atomic mass is 9.81. The second-order valence-corrected chi connectivity index (χ2v) is 14.8. The first-order valence-corrected chi connectivity index (χ1v) is 19.3. The normalized spacial score (nSPS) is 23.7. The fraction of sp³-hybridized carbons (Fsp3) is 0.419. The Labute approximate surface area is 316 Å². The third kappa shape index (κ3) is 8.33. The molecule has 0 unspecified atom stereocenters. The van der Waals surface area contributed by atoms with Crippen LogP contribution in [-0.2, 0) is 0 Å². The van der Waals surface area contributed by atoms with Crippen LogP contribution in [0.1, 0.15) is 53.0 Å². The number of halogens is 2. The Morgan fingerprint density at radius 1 is 0.759 bits per heavy atom. The molecule has 5 aliphatic rings. The average molecular weight is 738 g/mol. The molecular formula is C43H49F2N5O4. The van der Waals surface area contributed by atoms with E-state index in [1.54, 1.807) is 12.1 Å². The summed E-state index contributed by atoms with van der Waals surface area (Å²) in [6, 6.07) is 28.7. The number of hydrogen-bond acceptors (Lipinski definition) is 7. The SMILES string of the molecule is Fc1ccc([C@@H]2CCNC[C@H]2COc2ccc3c(c2)OCO3)cc1.O=C1NCCN1CCN1CCN([C@@H]2C[C@@H](c3ccc(F)cc3)c3ccccc32)CC1. The van der Waals surface area contributed by atoms with Crippen LogP contribution in [0.15, 0.2) is 91.0 Å². The number of urea groups is 1. The summed E-state index contributed by atoms with van der Waals surface area (Å²) in [4.78, 5) is 18.7. The third-order valence-electron chi connectivity index (χ3n) is 11.7. The highest BCUT2D eigenvalue weighted by atomic mass is 19.1. The van der Waals surface area contributed by atoms with Crippen LogP contribution in [0, 0.1) is 17.6 Å². The predicted molar refractivity (Wildman–Crippen MR) is 203 cm³/mol. The number of nitrogens with zero attached hydrogens (tertiary/aromatic N) is 3. The van der Waals surface area contributed by atoms with Gasteiger partial charge < -0.3 is 29.7 Å². The summed E-state index contributed by atoms with van der Waals surface area (Å²) in [5.74, 6) is 2.94. The van der Waals surface area contributed by atoms with Gasteiger partial charge in [0.05, 0.1) is 6.61 Å². The summed E-state index contributed by atoms with van der Waals surface area (Å²) in [7, 11) is 0. The fourth-order valence-corrected chi connectivity index (χ4v) is 8.67. The van der Waals surface area contributed by atoms with Crippen LogP contribution >= 0.6 is 0 Å². The molecule has 9 nitrogen and oxygen atoms in total. The van der Waals surface area contributed by atoms with Crippen molar-refractivity contribution in [3.63, 3.8) is 0 Å². The molecule has 0 saturated carbocycles. The average Bonchev–Trinajstić information content (AvgIpc) is 3.96. The fourth-order valence-electron chi connectivity index (χ4n) is 8.67. The van der Waals surface area contributed by atoms with Crippen LogP contribution in [0.3, 0.4) is 0 Å². The molecule has 9 rings (SSSR count). The molecule has 284 valence electrons. The van der Waals surface area contributed by atoms with Crippen molar-refractivity contribution in [1.82, 2.24) is 25.3 Å². The van der Waals surface area contributed by atoms with Gasteiger partial charge in [-0.25, -0.2) is 13.6 Å². The van der Waals surface area contributed by atoms with Gasteiger partial charge in [-0.3, -0.25) is 9.80 Å². The van der Waals surface area contributed by atoms with Crippen LogP contribution in [0.4, 0.5) is 13.6 Å². The van der Waals surface area contributed by atoms with Crippen molar-refractivity contribution >= 4 is 6.03 Å². The number of fused-ring (bicyclic) bond motifs is 2. The summed E-state index contributed by atoms with van der Waals surface area (Å²) in [6.07, 6.45) is 2.08. The minimum absolute atomic E-state index is 0.0723. The number of benzene rings is 4. The third-order valence-corrected chi connectivity index (χ3v) is 11.7. The van der Waals surface area contributed by atoms with Crippen molar-refractivity contribution < 1.29 is 27.8 Å². The summed E-state index contributed by atoms with van der Waals surface area (Å²) in [5, 5.41) is 6.30. The van der Waals surface area contributed by atoms with Gasteiger partial charge in [-0.2, -0.15) is 0 Å². The number of carbonyl (C=O) groups is 1. The Morgan fingerprint density at radius 3 is 2.22 bits per heavy atom. The maximum Gasteiger partial charge on any atom is 0.317 e. The predicted octanol–water partition coefficient (Wildman–Crippen LogP) is 6.37. The second-order valence-electron chi connectivity index (χ2n) is 14.8. The number of rotatable bonds is 9. The molecule has 2 amide bonds. The Hall–Kier alpha value is -4.71. The highest BCUT2D eigenvalue weighted by molar-refractivity contribution is 5.76. The van der Waals surface area contributed by atoms with E-state index < -0.39 is 0 Å². The van der Waals surface area contributed by atoms with Crippen molar-refractivity contribution in [3.05, 3.63) is 125 Å². The van der Waals surface area contributed by atoms with E-state index in [1.807, 2.05) is 47.4 Å². The van der Waals surface area contributed by atoms with E-state index >= 15 is 0 Å². The summed E-state index contributed by atoms with van der Waals surface area (Å²) < 4.78 is 43.3. The van der Waals surface area contributed by atoms with Crippen molar-refractivity contribution in [2.75, 3.05) is 78.8 Å². The molecule has 0 aromatic heterocycles. The molecule has 3 fully saturated rings. The molecule has 0 bridgehead atoms. The number of piperidine rings is 1. The molecule has 3 saturated heterocycles. The highest BCUT2D eigenvalue weighted by Crippen LogP contribution is 2.47. The number of amides is 2. The van der Waals surface area contributed by atoms with E-state index in [0.29, 0.717) is 30.4 Å². The molecule has 2 N–H and O–H groups in total. The van der Waals surface area contributed by atoms with Crippen LogP contribution in [-0.4, -0.2) is 99.6 Å². The van der Waals surface area contributed by atoms with Crippen LogP contribution in [0.2, 0.25) is 0 Å². The second kappa shape index (κ2) is 16.8. The van der Waals surface area contributed by atoms with Crippen molar-refractivity contribution in [2.24, 2.45) is 5.92 Å². The Kier molecular flexibility index (Phi) is 11.3. The van der Waals surface area contributed by atoms with E-state index in [-0.39, 0.29) is 24.5 Å². The monoisotopic (exact) mass is 737 g/mol. The Balaban J connectivity index is 0.000000157. The summed E-state index contributed by atoms with van der Waals surface area (Å²) in [5.41, 5.74) is 5.19. The first-order chi connectivity index (χ1) is 26.5. The summed E-state index contributed by atoms with van der Waals surface area (Å²) in [6.45, 7) is 10.2. The van der Waals surface area contributed by atoms with E-state index in [9.17, 15) is 13.6 Å². The zero-order valence-electron chi connectivity index (χ0n) is 30.6. The highest BCUT2D eigenvalue weighted by Gasteiger charge is 2.36. The van der Waals surface area contributed by atoms with Gasteiger partial charge in [0.1, 0.15) is 17.4 Å². The van der Waals surface area contributed by atoms with Gasteiger partial charge in [-0.1, -0.05) is 48.5 Å². The first kappa shape index (κ1) is 36.3. The molecule has 4 atom stereocenters. The van der Waals surface area contributed by atoms with Crippen LogP contribution in [0.5, 0.6) is 17.2 Å². The summed E-state index contributed by atoms with van der Waals surface area (Å²) >= 11 is 0. The standard InChI is InChI=1S/C24H29FN4O.C19H20FNO3/c25-19-7-5-18(6-8-19)22-17-23(21-4-2-1-3-20(21)22)28-14-11-27(12-15-28)13-16-29-10-9-26-24(29)30;20-15-3-1-13(2-4-15)17-7-8-21-10-14(17)11-22-16-5-6-18-19(9-16)24-12-23-18/h1-8,22-23H,9-17H2,(H,26,30);1-6,9,14,17,21H,7-8,10-12H2/t22-,23+;14-,17-/m00/s1. The largest absolute Gasteiger partial charge is 0.493 e. The quantitative estimate of drug-likeness (QED) is 0.207. The van der Waals surface area contributed by atoms with Gasteiger partial charge in [0.15, 0.2) is 11.5 Å². The Bertz CT molecular complexity index is 1870. The van der Waals surface area contributed by atoms with Gasteiger partial charge in [-0.05, 0) is 84.0 Å². The van der Waals surface area contributed by atoms with E-state index in [0.717, 1.165) is 95.5 Å². The van der Waals surface area contributed by atoms with Gasteiger partial charge in [-0.15, -0.1) is 0 Å². The van der Waals surface area contributed by atoms with Gasteiger partial charge in [0, 0.05) is 82.8 Å². The van der Waals surface area contributed by atoms with Gasteiger partial charge in [0.2, 0.25) is 6.79 Å². The van der Waals surface area contributed by atoms with E-state index in [4.69, 9.17) is 14.2 Å². The molecule has 4 aliphatic heterocycles. The van der Waals surface area contributed by atoms with Crippen molar-refractivity contribution in [3.8, 4) is 17.2 Å². The zero-order chi connectivity index (χ0) is 36.9. The molecule has 4 aromatic carbocycles. The number of nitrogens with one attached hydrogen (secondary N) is 2. The minimum atomic E-state index is -0.194. The maximum atomic E-state index is 13.4. The minimum Gasteiger partial charge on any atom is -0.493 e. The van der Waals surface area contributed by atoms with E-state index in [2.05, 4.69) is 44.7 Å². The van der Waals surface area contributed by atoms with E-state index in [1.165, 1.54) is 34.4 Å². The molecule has 0 radical (unpaired) electrons. The zero-order valence-corrected chi connectivity index (χ0v) is 30.6. The number of ether oxygens (including phenoxy) is 3. The van der Waals surface area contributed by atoms with Gasteiger partial charge >= 0.3 is 6.03 Å². The topological polar surface area (TPSA) is 78.5 Å². The molecule has 4 heterocycles. The lowest BCUT2D eigenvalue weighted by molar-refractivity contribution is 0.0905. The molecule has 1 aliphatic carbocycles. The van der Waals surface area contributed by atoms with Crippen LogP contribution < -0.4 is 24.8 Å². The number of carbonyl (C=O) groups excluding carboxylic acids is 1. The molecule has 54 heavy (non-hydrogen) atoms. The smallest absolute Gasteiger partial charge is 0.317 e. The number of piperazine rings is 1. The molecule has 0 spiro atoms. The Morgan fingerprint density at radius 2 is 1.48 bits per heavy atom. The molecular weight excluding hydrogens is 688 g/mol. The first-order valence-electron chi connectivity index (χ1n) is 19.3. The molecule has 11 heteroatoms. The molecule has 4 aromatic rings. The van der Waals surface area contributed by atoms with Crippen LogP contribution in [0.25, 0.3) is 0 Å².